The molecule has 0 aliphatic carbocycles. The van der Waals surface area contributed by atoms with Crippen LogP contribution < -0.4 is 5.32 Å². The molecule has 0 aromatic heterocycles. The summed E-state index contributed by atoms with van der Waals surface area (Å²) < 4.78 is 0. The van der Waals surface area contributed by atoms with Crippen LogP contribution in [-0.2, 0) is 16.0 Å². The first-order valence-corrected chi connectivity index (χ1v) is 11.6. The second kappa shape index (κ2) is 11.3. The van der Waals surface area contributed by atoms with E-state index in [-0.39, 0.29) is 23.8 Å². The number of benzene rings is 3. The number of piperidine rings is 1. The van der Waals surface area contributed by atoms with Crippen LogP contribution >= 0.6 is 0 Å². The van der Waals surface area contributed by atoms with Gasteiger partial charge in [-0.3, -0.25) is 9.59 Å². The van der Waals surface area contributed by atoms with Gasteiger partial charge in [0.25, 0.3) is 0 Å². The highest BCUT2D eigenvalue weighted by Gasteiger charge is 2.28. The van der Waals surface area contributed by atoms with Gasteiger partial charge in [0.15, 0.2) is 0 Å². The number of carbonyl (C=O) groups is 2. The average molecular weight is 439 g/mol. The van der Waals surface area contributed by atoms with Crippen LogP contribution in [0.1, 0.15) is 35.6 Å². The highest BCUT2D eigenvalue weighted by atomic mass is 16.2. The molecule has 0 saturated carbocycles. The van der Waals surface area contributed by atoms with Crippen molar-refractivity contribution in [1.82, 2.24) is 10.2 Å². The van der Waals surface area contributed by atoms with Gasteiger partial charge in [-0.25, -0.2) is 0 Å². The molecule has 0 spiro atoms. The van der Waals surface area contributed by atoms with Crippen LogP contribution in [0.4, 0.5) is 0 Å². The quantitative estimate of drug-likeness (QED) is 0.526. The number of nitrogens with zero attached hydrogens (tertiary/aromatic N) is 1. The number of rotatable bonds is 7. The largest absolute Gasteiger partial charge is 0.349 e. The van der Waals surface area contributed by atoms with Gasteiger partial charge in [-0.2, -0.15) is 0 Å². The highest BCUT2D eigenvalue weighted by Crippen LogP contribution is 2.22. The highest BCUT2D eigenvalue weighted by molar-refractivity contribution is 5.92. The molecular formula is C29H30N2O2. The van der Waals surface area contributed by atoms with Gasteiger partial charge < -0.3 is 10.2 Å². The lowest BCUT2D eigenvalue weighted by atomic mass is 9.93. The van der Waals surface area contributed by atoms with Crippen molar-refractivity contribution in [2.75, 3.05) is 13.1 Å². The van der Waals surface area contributed by atoms with Crippen LogP contribution in [0, 0.1) is 5.92 Å². The maximum absolute atomic E-state index is 13.1. The van der Waals surface area contributed by atoms with Crippen molar-refractivity contribution >= 4 is 17.9 Å². The number of nitrogens with one attached hydrogen (secondary N) is 1. The van der Waals surface area contributed by atoms with Gasteiger partial charge in [-0.1, -0.05) is 91.0 Å². The molecule has 33 heavy (non-hydrogen) atoms. The fourth-order valence-electron chi connectivity index (χ4n) is 4.28. The summed E-state index contributed by atoms with van der Waals surface area (Å²) >= 11 is 0. The van der Waals surface area contributed by atoms with Crippen LogP contribution in [0.3, 0.4) is 0 Å². The lowest BCUT2D eigenvalue weighted by Crippen LogP contribution is -2.43. The van der Waals surface area contributed by atoms with Crippen LogP contribution in [0.25, 0.3) is 6.08 Å². The standard InChI is InChI=1S/C29H30N2O2/c32-28(17-16-23-10-4-1-5-11-23)31-20-18-26(19-21-31)29(33)30-27(25-14-8-3-9-15-25)22-24-12-6-2-7-13-24/h1-17,26-27H,18-22H2,(H,30,33)/b17-16+. The monoisotopic (exact) mass is 438 g/mol. The molecule has 1 fully saturated rings. The SMILES string of the molecule is O=C(NC(Cc1ccccc1)c1ccccc1)C1CCN(C(=O)/C=C/c2ccccc2)CC1. The molecule has 4 heteroatoms. The molecule has 4 rings (SSSR count). The lowest BCUT2D eigenvalue weighted by molar-refractivity contribution is -0.132. The minimum absolute atomic E-state index is 0.00366. The second-order valence-electron chi connectivity index (χ2n) is 8.51. The maximum Gasteiger partial charge on any atom is 0.246 e. The van der Waals surface area contributed by atoms with Gasteiger partial charge in [-0.05, 0) is 42.0 Å². The van der Waals surface area contributed by atoms with Gasteiger partial charge in [0.05, 0.1) is 6.04 Å². The molecule has 1 aliphatic rings. The fraction of sp³-hybridized carbons (Fsp3) is 0.241. The normalized spacial score (nSPS) is 15.3. The van der Waals surface area contributed by atoms with E-state index in [0.717, 1.165) is 17.5 Å². The summed E-state index contributed by atoms with van der Waals surface area (Å²) in [5.74, 6) is 0.00444. The molecule has 1 N–H and O–H groups in total. The Hall–Kier alpha value is -3.66. The van der Waals surface area contributed by atoms with Crippen LogP contribution in [-0.4, -0.2) is 29.8 Å². The molecule has 1 atom stereocenters. The third kappa shape index (κ3) is 6.42. The molecule has 0 bridgehead atoms. The molecule has 0 radical (unpaired) electrons. The van der Waals surface area contributed by atoms with E-state index >= 15 is 0 Å². The molecule has 168 valence electrons. The summed E-state index contributed by atoms with van der Waals surface area (Å²) in [6, 6.07) is 30.1. The van der Waals surface area contributed by atoms with Crippen molar-refractivity contribution in [1.29, 1.82) is 0 Å². The summed E-state index contributed by atoms with van der Waals surface area (Å²) in [5, 5.41) is 3.29. The first kappa shape index (κ1) is 22.5. The molecule has 1 unspecified atom stereocenters. The summed E-state index contributed by atoms with van der Waals surface area (Å²) in [6.45, 7) is 1.20. The Labute approximate surface area is 195 Å². The second-order valence-corrected chi connectivity index (χ2v) is 8.51. The van der Waals surface area contributed by atoms with E-state index in [1.807, 2.05) is 77.7 Å². The zero-order chi connectivity index (χ0) is 22.9. The van der Waals surface area contributed by atoms with Crippen molar-refractivity contribution in [3.8, 4) is 0 Å². The zero-order valence-electron chi connectivity index (χ0n) is 18.8. The number of hydrogen-bond donors (Lipinski definition) is 1. The van der Waals surface area contributed by atoms with E-state index < -0.39 is 0 Å². The summed E-state index contributed by atoms with van der Waals surface area (Å²) in [4.78, 5) is 27.5. The van der Waals surface area contributed by atoms with Gasteiger partial charge in [-0.15, -0.1) is 0 Å². The number of amides is 2. The Morgan fingerprint density at radius 2 is 1.42 bits per heavy atom. The summed E-state index contributed by atoms with van der Waals surface area (Å²) in [5.41, 5.74) is 3.30. The first-order chi connectivity index (χ1) is 16.2. The minimum atomic E-state index is -0.0749. The predicted molar refractivity (Wildman–Crippen MR) is 132 cm³/mol. The Morgan fingerprint density at radius 1 is 0.848 bits per heavy atom. The maximum atomic E-state index is 13.1. The van der Waals surface area contributed by atoms with E-state index in [2.05, 4.69) is 29.6 Å². The van der Waals surface area contributed by atoms with Crippen molar-refractivity contribution in [3.05, 3.63) is 114 Å². The van der Waals surface area contributed by atoms with E-state index in [9.17, 15) is 9.59 Å². The third-order valence-corrected chi connectivity index (χ3v) is 6.20. The smallest absolute Gasteiger partial charge is 0.246 e. The van der Waals surface area contributed by atoms with Gasteiger partial charge in [0.2, 0.25) is 11.8 Å². The summed E-state index contributed by atoms with van der Waals surface area (Å²) in [7, 11) is 0. The van der Waals surface area contributed by atoms with E-state index in [4.69, 9.17) is 0 Å². The van der Waals surface area contributed by atoms with Crippen molar-refractivity contribution in [2.45, 2.75) is 25.3 Å². The first-order valence-electron chi connectivity index (χ1n) is 11.6. The zero-order valence-corrected chi connectivity index (χ0v) is 18.8. The number of carbonyl (C=O) groups excluding carboxylic acids is 2. The summed E-state index contributed by atoms with van der Waals surface area (Å²) in [6.07, 6.45) is 5.58. The lowest BCUT2D eigenvalue weighted by Gasteiger charge is -2.31. The van der Waals surface area contributed by atoms with Crippen LogP contribution in [0.15, 0.2) is 97.1 Å². The van der Waals surface area contributed by atoms with Gasteiger partial charge >= 0.3 is 0 Å². The molecule has 3 aromatic rings. The molecule has 1 saturated heterocycles. The molecule has 3 aromatic carbocycles. The van der Waals surface area contributed by atoms with Crippen LogP contribution in [0.5, 0.6) is 0 Å². The van der Waals surface area contributed by atoms with Crippen molar-refractivity contribution < 1.29 is 9.59 Å². The molecule has 2 amide bonds. The molecular weight excluding hydrogens is 408 g/mol. The van der Waals surface area contributed by atoms with Crippen LogP contribution in [0.2, 0.25) is 0 Å². The Kier molecular flexibility index (Phi) is 7.70. The third-order valence-electron chi connectivity index (χ3n) is 6.20. The predicted octanol–water partition coefficient (Wildman–Crippen LogP) is 5.04. The Bertz CT molecular complexity index is 1060. The Morgan fingerprint density at radius 3 is 2.06 bits per heavy atom. The van der Waals surface area contributed by atoms with Crippen molar-refractivity contribution in [2.24, 2.45) is 5.92 Å². The van der Waals surface area contributed by atoms with E-state index in [1.54, 1.807) is 6.08 Å². The van der Waals surface area contributed by atoms with Gasteiger partial charge in [0, 0.05) is 25.1 Å². The number of likely N-dealkylation sites (tertiary alicyclic amines) is 1. The van der Waals surface area contributed by atoms with E-state index in [1.165, 1.54) is 5.56 Å². The average Bonchev–Trinajstić information content (AvgIpc) is 2.88. The topological polar surface area (TPSA) is 49.4 Å². The molecule has 4 nitrogen and oxygen atoms in total. The minimum Gasteiger partial charge on any atom is -0.349 e. The van der Waals surface area contributed by atoms with Gasteiger partial charge in [0.1, 0.15) is 0 Å². The Balaban J connectivity index is 1.34. The number of hydrogen-bond acceptors (Lipinski definition) is 2. The van der Waals surface area contributed by atoms with E-state index in [0.29, 0.717) is 25.9 Å². The fourth-order valence-corrected chi connectivity index (χ4v) is 4.28. The van der Waals surface area contributed by atoms with Crippen molar-refractivity contribution in [3.63, 3.8) is 0 Å². The molecule has 1 heterocycles. The molecule has 1 aliphatic heterocycles.